The monoisotopic (exact) mass is 140 g/mol. The van der Waals surface area contributed by atoms with Crippen LogP contribution >= 0.6 is 0 Å². The summed E-state index contributed by atoms with van der Waals surface area (Å²) < 4.78 is 0. The van der Waals surface area contributed by atoms with E-state index in [0.29, 0.717) is 0 Å². The second kappa shape index (κ2) is 5.03. The Balaban J connectivity index is 0.000000371. The Morgan fingerprint density at radius 3 is 2.20 bits per heavy atom. The van der Waals surface area contributed by atoms with Crippen molar-refractivity contribution >= 4 is 6.21 Å². The van der Waals surface area contributed by atoms with Gasteiger partial charge in [0.2, 0.25) is 0 Å². The van der Waals surface area contributed by atoms with Gasteiger partial charge in [0.05, 0.1) is 0 Å². The molecule has 0 bridgehead atoms. The Hall–Kier alpha value is -0.790. The van der Waals surface area contributed by atoms with Crippen LogP contribution in [0.4, 0.5) is 0 Å². The van der Waals surface area contributed by atoms with E-state index in [1.54, 1.807) is 0 Å². The average Bonchev–Trinajstić information content (AvgIpc) is 2.76. The van der Waals surface area contributed by atoms with Crippen molar-refractivity contribution in [2.45, 2.75) is 20.8 Å². The zero-order valence-electron chi connectivity index (χ0n) is 7.02. The number of nitrogens with one attached hydrogen (secondary N) is 1. The van der Waals surface area contributed by atoms with Gasteiger partial charge in [0, 0.05) is 25.5 Å². The standard InChI is InChI=1S/C6H10N2.C2H6/c1-6(4-7)5-8-2-3-8;1-2/h4-5,7H,2-3H2,1H3;1-2H3/b6-5-,7-4?;. The number of rotatable bonds is 2. The molecule has 1 heterocycles. The first-order valence-electron chi connectivity index (χ1n) is 3.76. The second-order valence-electron chi connectivity index (χ2n) is 2.05. The van der Waals surface area contributed by atoms with Gasteiger partial charge in [0.25, 0.3) is 0 Å². The minimum Gasteiger partial charge on any atom is -0.374 e. The summed E-state index contributed by atoms with van der Waals surface area (Å²) in [5.74, 6) is 0. The van der Waals surface area contributed by atoms with Gasteiger partial charge in [-0.2, -0.15) is 0 Å². The summed E-state index contributed by atoms with van der Waals surface area (Å²) in [6.07, 6.45) is 3.38. The fourth-order valence-electron chi connectivity index (χ4n) is 0.512. The molecule has 0 aromatic rings. The average molecular weight is 140 g/mol. The molecule has 0 aromatic heterocycles. The van der Waals surface area contributed by atoms with Crippen LogP contribution in [0.2, 0.25) is 0 Å². The molecule has 1 fully saturated rings. The van der Waals surface area contributed by atoms with Crippen LogP contribution in [0.5, 0.6) is 0 Å². The lowest BCUT2D eigenvalue weighted by atomic mass is 10.4. The normalized spacial score (nSPS) is 15.5. The number of nitrogens with zero attached hydrogens (tertiary/aromatic N) is 1. The molecule has 1 aliphatic rings. The lowest BCUT2D eigenvalue weighted by Gasteiger charge is -1.89. The third-order valence-electron chi connectivity index (χ3n) is 1.10. The zero-order chi connectivity index (χ0) is 7.98. The van der Waals surface area contributed by atoms with Crippen LogP contribution in [-0.2, 0) is 0 Å². The molecule has 1 N–H and O–H groups in total. The summed E-state index contributed by atoms with van der Waals surface area (Å²) in [5.41, 5.74) is 1.03. The summed E-state index contributed by atoms with van der Waals surface area (Å²) in [6, 6.07) is 0. The molecule has 1 rings (SSSR count). The first kappa shape index (κ1) is 9.21. The van der Waals surface area contributed by atoms with E-state index in [2.05, 4.69) is 4.90 Å². The molecule has 0 spiro atoms. The van der Waals surface area contributed by atoms with Crippen molar-refractivity contribution in [3.63, 3.8) is 0 Å². The molecule has 0 radical (unpaired) electrons. The quantitative estimate of drug-likeness (QED) is 0.460. The van der Waals surface area contributed by atoms with Gasteiger partial charge < -0.3 is 10.3 Å². The molecule has 1 aliphatic heterocycles. The van der Waals surface area contributed by atoms with Crippen LogP contribution < -0.4 is 0 Å². The molecule has 10 heavy (non-hydrogen) atoms. The van der Waals surface area contributed by atoms with Crippen LogP contribution in [0, 0.1) is 5.41 Å². The van der Waals surface area contributed by atoms with Crippen molar-refractivity contribution in [3.8, 4) is 0 Å². The molecule has 0 saturated carbocycles. The Morgan fingerprint density at radius 2 is 1.90 bits per heavy atom. The van der Waals surface area contributed by atoms with Crippen molar-refractivity contribution in [3.05, 3.63) is 11.8 Å². The van der Waals surface area contributed by atoms with E-state index in [-0.39, 0.29) is 0 Å². The lowest BCUT2D eigenvalue weighted by Crippen LogP contribution is -1.84. The van der Waals surface area contributed by atoms with Gasteiger partial charge in [-0.15, -0.1) is 0 Å². The van der Waals surface area contributed by atoms with Gasteiger partial charge in [-0.25, -0.2) is 0 Å². The van der Waals surface area contributed by atoms with Crippen molar-refractivity contribution in [1.82, 2.24) is 4.90 Å². The Kier molecular flexibility index (Phi) is 4.63. The maximum Gasteiger partial charge on any atom is 0.0349 e. The summed E-state index contributed by atoms with van der Waals surface area (Å²) >= 11 is 0. The zero-order valence-corrected chi connectivity index (χ0v) is 7.02. The van der Waals surface area contributed by atoms with E-state index in [9.17, 15) is 0 Å². The van der Waals surface area contributed by atoms with Crippen LogP contribution in [0.3, 0.4) is 0 Å². The molecular weight excluding hydrogens is 124 g/mol. The fraction of sp³-hybridized carbons (Fsp3) is 0.625. The van der Waals surface area contributed by atoms with E-state index >= 15 is 0 Å². The third kappa shape index (κ3) is 4.13. The van der Waals surface area contributed by atoms with Gasteiger partial charge in [0.1, 0.15) is 0 Å². The first-order valence-corrected chi connectivity index (χ1v) is 3.76. The summed E-state index contributed by atoms with van der Waals surface area (Å²) in [5, 5.41) is 6.81. The molecule has 0 atom stereocenters. The van der Waals surface area contributed by atoms with Gasteiger partial charge in [-0.3, -0.25) is 0 Å². The van der Waals surface area contributed by atoms with Crippen molar-refractivity contribution in [1.29, 1.82) is 5.41 Å². The number of hydrogen-bond donors (Lipinski definition) is 1. The minimum absolute atomic E-state index is 1.03. The Bertz CT molecular complexity index is 123. The third-order valence-corrected chi connectivity index (χ3v) is 1.10. The maximum atomic E-state index is 6.81. The summed E-state index contributed by atoms with van der Waals surface area (Å²) in [7, 11) is 0. The predicted molar refractivity (Wildman–Crippen MR) is 45.5 cm³/mol. The van der Waals surface area contributed by atoms with E-state index in [4.69, 9.17) is 5.41 Å². The lowest BCUT2D eigenvalue weighted by molar-refractivity contribution is 0.767. The highest BCUT2D eigenvalue weighted by Crippen LogP contribution is 2.05. The Labute approximate surface area is 63.0 Å². The number of hydrogen-bond acceptors (Lipinski definition) is 2. The van der Waals surface area contributed by atoms with E-state index in [0.717, 1.165) is 5.57 Å². The Morgan fingerprint density at radius 1 is 1.40 bits per heavy atom. The summed E-state index contributed by atoms with van der Waals surface area (Å²) in [4.78, 5) is 2.17. The van der Waals surface area contributed by atoms with Crippen LogP contribution in [0.1, 0.15) is 20.8 Å². The molecule has 2 nitrogen and oxygen atoms in total. The molecule has 0 aliphatic carbocycles. The van der Waals surface area contributed by atoms with Crippen LogP contribution in [0.15, 0.2) is 11.8 Å². The van der Waals surface area contributed by atoms with E-state index in [1.165, 1.54) is 19.3 Å². The van der Waals surface area contributed by atoms with Gasteiger partial charge in [-0.1, -0.05) is 13.8 Å². The van der Waals surface area contributed by atoms with Crippen molar-refractivity contribution in [2.75, 3.05) is 13.1 Å². The molecule has 58 valence electrons. The number of allylic oxidation sites excluding steroid dienone is 1. The maximum absolute atomic E-state index is 6.81. The smallest absolute Gasteiger partial charge is 0.0349 e. The van der Waals surface area contributed by atoms with Crippen molar-refractivity contribution < 1.29 is 0 Å². The fourth-order valence-corrected chi connectivity index (χ4v) is 0.512. The van der Waals surface area contributed by atoms with E-state index < -0.39 is 0 Å². The molecule has 0 aromatic carbocycles. The highest BCUT2D eigenvalue weighted by atomic mass is 15.2. The van der Waals surface area contributed by atoms with Crippen LogP contribution in [-0.4, -0.2) is 24.2 Å². The van der Waals surface area contributed by atoms with Crippen LogP contribution in [0.25, 0.3) is 0 Å². The highest BCUT2D eigenvalue weighted by molar-refractivity contribution is 5.74. The molecule has 1 saturated heterocycles. The summed E-state index contributed by atoms with van der Waals surface area (Å²) in [6.45, 7) is 8.28. The molecule has 0 unspecified atom stereocenters. The minimum atomic E-state index is 1.03. The molecule has 2 heteroatoms. The first-order chi connectivity index (χ1) is 4.83. The van der Waals surface area contributed by atoms with E-state index in [1.807, 2.05) is 27.0 Å². The highest BCUT2D eigenvalue weighted by Gasteiger charge is 2.11. The molecular formula is C8H16N2. The van der Waals surface area contributed by atoms with Crippen molar-refractivity contribution in [2.24, 2.45) is 0 Å². The largest absolute Gasteiger partial charge is 0.374 e. The van der Waals surface area contributed by atoms with Gasteiger partial charge >= 0.3 is 0 Å². The van der Waals surface area contributed by atoms with Gasteiger partial charge in [-0.05, 0) is 12.5 Å². The predicted octanol–water partition coefficient (Wildman–Crippen LogP) is 1.88. The topological polar surface area (TPSA) is 26.9 Å². The second-order valence-corrected chi connectivity index (χ2v) is 2.05. The SMILES string of the molecule is C/C(C=N)=C/N1CC1.CC. The van der Waals surface area contributed by atoms with Gasteiger partial charge in [0.15, 0.2) is 0 Å². The molecule has 0 amide bonds.